The van der Waals surface area contributed by atoms with E-state index < -0.39 is 11.4 Å². The van der Waals surface area contributed by atoms with Crippen LogP contribution < -0.4 is 0 Å². The topological polar surface area (TPSA) is 43.8 Å². The first-order valence-electron chi connectivity index (χ1n) is 6.98. The molecule has 1 rings (SSSR count). The zero-order chi connectivity index (χ0) is 13.8. The lowest BCUT2D eigenvalue weighted by molar-refractivity contribution is -0.149. The Hall–Kier alpha value is -0.610. The molecule has 0 bridgehead atoms. The number of rotatable bonds is 6. The molecule has 1 aliphatic rings. The monoisotopic (exact) mass is 256 g/mol. The van der Waals surface area contributed by atoms with Gasteiger partial charge in [0.15, 0.2) is 0 Å². The highest BCUT2D eigenvalue weighted by molar-refractivity contribution is 5.74. The average molecular weight is 256 g/mol. The average Bonchev–Trinajstić information content (AvgIpc) is 2.31. The molecule has 0 spiro atoms. The largest absolute Gasteiger partial charge is 0.481 e. The molecule has 1 aliphatic heterocycles. The molecule has 1 atom stereocenters. The Bertz CT molecular complexity index is 275. The summed E-state index contributed by atoms with van der Waals surface area (Å²) in [6.07, 6.45) is 3.15. The maximum absolute atomic E-state index is 11.3. The summed E-state index contributed by atoms with van der Waals surface area (Å²) in [5.74, 6) is 0.0429. The molecular formula is C14H28N2O2. The number of piperidine rings is 1. The summed E-state index contributed by atoms with van der Waals surface area (Å²) in [5, 5.41) is 9.29. The van der Waals surface area contributed by atoms with Crippen molar-refractivity contribution in [2.45, 2.75) is 33.1 Å². The third kappa shape index (κ3) is 4.25. The number of hydrogen-bond acceptors (Lipinski definition) is 3. The van der Waals surface area contributed by atoms with E-state index in [1.165, 1.54) is 25.9 Å². The van der Waals surface area contributed by atoms with E-state index in [0.29, 0.717) is 13.0 Å². The van der Waals surface area contributed by atoms with Crippen molar-refractivity contribution in [3.05, 3.63) is 0 Å². The van der Waals surface area contributed by atoms with E-state index >= 15 is 0 Å². The van der Waals surface area contributed by atoms with Crippen LogP contribution in [0.5, 0.6) is 0 Å². The summed E-state index contributed by atoms with van der Waals surface area (Å²) in [7, 11) is 4.22. The smallest absolute Gasteiger partial charge is 0.310 e. The van der Waals surface area contributed by atoms with Crippen LogP contribution in [-0.2, 0) is 4.79 Å². The summed E-state index contributed by atoms with van der Waals surface area (Å²) in [6.45, 7) is 7.81. The van der Waals surface area contributed by atoms with Crippen molar-refractivity contribution in [2.24, 2.45) is 11.3 Å². The third-order valence-corrected chi connectivity index (χ3v) is 4.32. The lowest BCUT2D eigenvalue weighted by Gasteiger charge is -2.34. The zero-order valence-corrected chi connectivity index (χ0v) is 12.3. The molecule has 0 amide bonds. The molecule has 0 aromatic heterocycles. The van der Waals surface area contributed by atoms with Crippen molar-refractivity contribution in [1.82, 2.24) is 9.80 Å². The van der Waals surface area contributed by atoms with Crippen LogP contribution in [-0.4, -0.2) is 61.2 Å². The standard InChI is InChI=1S/C14H28N2O2/c1-5-14(2,13(17)18)11-16(4)10-12-6-8-15(3)9-7-12/h12H,5-11H2,1-4H3,(H,17,18). The molecule has 106 valence electrons. The van der Waals surface area contributed by atoms with Gasteiger partial charge in [0, 0.05) is 13.1 Å². The Balaban J connectivity index is 2.41. The minimum Gasteiger partial charge on any atom is -0.481 e. The van der Waals surface area contributed by atoms with E-state index in [2.05, 4.69) is 23.9 Å². The molecule has 0 saturated carbocycles. The predicted molar refractivity (Wildman–Crippen MR) is 73.8 cm³/mol. The quantitative estimate of drug-likeness (QED) is 0.786. The van der Waals surface area contributed by atoms with Gasteiger partial charge >= 0.3 is 5.97 Å². The molecule has 1 N–H and O–H groups in total. The first-order chi connectivity index (χ1) is 8.37. The molecule has 1 saturated heterocycles. The maximum Gasteiger partial charge on any atom is 0.310 e. The van der Waals surface area contributed by atoms with Crippen LogP contribution in [0.3, 0.4) is 0 Å². The number of hydrogen-bond donors (Lipinski definition) is 1. The summed E-state index contributed by atoms with van der Waals surface area (Å²) in [5.41, 5.74) is -0.611. The third-order valence-electron chi connectivity index (χ3n) is 4.32. The first kappa shape index (κ1) is 15.4. The number of carboxylic acids is 1. The lowest BCUT2D eigenvalue weighted by atomic mass is 9.86. The van der Waals surface area contributed by atoms with Crippen molar-refractivity contribution in [3.63, 3.8) is 0 Å². The highest BCUT2D eigenvalue weighted by atomic mass is 16.4. The van der Waals surface area contributed by atoms with Gasteiger partial charge in [-0.05, 0) is 59.3 Å². The van der Waals surface area contributed by atoms with Gasteiger partial charge in [-0.25, -0.2) is 0 Å². The Morgan fingerprint density at radius 3 is 2.44 bits per heavy atom. The van der Waals surface area contributed by atoms with Gasteiger partial charge in [0.2, 0.25) is 0 Å². The molecule has 0 aromatic rings. The summed E-state index contributed by atoms with van der Waals surface area (Å²) in [6, 6.07) is 0. The van der Waals surface area contributed by atoms with Crippen molar-refractivity contribution in [1.29, 1.82) is 0 Å². The first-order valence-corrected chi connectivity index (χ1v) is 6.98. The normalized spacial score (nSPS) is 22.1. The second-order valence-electron chi connectivity index (χ2n) is 6.16. The van der Waals surface area contributed by atoms with E-state index in [1.807, 2.05) is 13.8 Å². The maximum atomic E-state index is 11.3. The second-order valence-corrected chi connectivity index (χ2v) is 6.16. The Kier molecular flexibility index (Phi) is 5.60. The van der Waals surface area contributed by atoms with Gasteiger partial charge in [-0.2, -0.15) is 0 Å². The molecule has 1 unspecified atom stereocenters. The molecule has 4 heteroatoms. The number of carboxylic acid groups (broad SMARTS) is 1. The van der Waals surface area contributed by atoms with Gasteiger partial charge in [0.05, 0.1) is 5.41 Å². The number of carbonyl (C=O) groups is 1. The molecule has 0 aromatic carbocycles. The van der Waals surface area contributed by atoms with Crippen molar-refractivity contribution in [3.8, 4) is 0 Å². The minimum atomic E-state index is -0.680. The molecule has 0 aliphatic carbocycles. The lowest BCUT2D eigenvalue weighted by Crippen LogP contribution is -2.42. The van der Waals surface area contributed by atoms with Crippen LogP contribution in [0, 0.1) is 11.3 Å². The van der Waals surface area contributed by atoms with E-state index in [4.69, 9.17) is 0 Å². The molecule has 4 nitrogen and oxygen atoms in total. The summed E-state index contributed by atoms with van der Waals surface area (Å²) >= 11 is 0. The van der Waals surface area contributed by atoms with Gasteiger partial charge < -0.3 is 14.9 Å². The fourth-order valence-electron chi connectivity index (χ4n) is 2.68. The van der Waals surface area contributed by atoms with Crippen molar-refractivity contribution >= 4 is 5.97 Å². The van der Waals surface area contributed by atoms with E-state index in [9.17, 15) is 9.90 Å². The number of nitrogens with zero attached hydrogens (tertiary/aromatic N) is 2. The van der Waals surface area contributed by atoms with Crippen LogP contribution in [0.1, 0.15) is 33.1 Å². The molecule has 1 heterocycles. The predicted octanol–water partition coefficient (Wildman–Crippen LogP) is 1.76. The van der Waals surface area contributed by atoms with Gasteiger partial charge in [-0.15, -0.1) is 0 Å². The summed E-state index contributed by atoms with van der Waals surface area (Å²) in [4.78, 5) is 15.9. The molecule has 0 radical (unpaired) electrons. The van der Waals surface area contributed by atoms with Crippen LogP contribution in [0.2, 0.25) is 0 Å². The summed E-state index contributed by atoms with van der Waals surface area (Å²) < 4.78 is 0. The fourth-order valence-corrected chi connectivity index (χ4v) is 2.68. The fraction of sp³-hybridized carbons (Fsp3) is 0.929. The van der Waals surface area contributed by atoms with Crippen molar-refractivity contribution < 1.29 is 9.90 Å². The second kappa shape index (κ2) is 6.53. The molecular weight excluding hydrogens is 228 g/mol. The van der Waals surface area contributed by atoms with Gasteiger partial charge in [-0.1, -0.05) is 6.92 Å². The van der Waals surface area contributed by atoms with Crippen molar-refractivity contribution in [2.75, 3.05) is 40.3 Å². The minimum absolute atomic E-state index is 0.611. The SMILES string of the molecule is CCC(C)(CN(C)CC1CCN(C)CC1)C(=O)O. The number of likely N-dealkylation sites (tertiary alicyclic amines) is 1. The highest BCUT2D eigenvalue weighted by Gasteiger charge is 2.33. The Labute approximate surface area is 111 Å². The molecule has 18 heavy (non-hydrogen) atoms. The van der Waals surface area contributed by atoms with Gasteiger partial charge in [-0.3, -0.25) is 4.79 Å². The van der Waals surface area contributed by atoms with Gasteiger partial charge in [0.1, 0.15) is 0 Å². The Morgan fingerprint density at radius 2 is 2.00 bits per heavy atom. The zero-order valence-electron chi connectivity index (χ0n) is 12.3. The van der Waals surface area contributed by atoms with Crippen LogP contribution in [0.15, 0.2) is 0 Å². The number of aliphatic carboxylic acids is 1. The highest BCUT2D eigenvalue weighted by Crippen LogP contribution is 2.24. The Morgan fingerprint density at radius 1 is 1.44 bits per heavy atom. The van der Waals surface area contributed by atoms with E-state index in [1.54, 1.807) is 0 Å². The van der Waals surface area contributed by atoms with E-state index in [0.717, 1.165) is 12.5 Å². The van der Waals surface area contributed by atoms with Crippen LogP contribution >= 0.6 is 0 Å². The van der Waals surface area contributed by atoms with E-state index in [-0.39, 0.29) is 0 Å². The van der Waals surface area contributed by atoms with Crippen LogP contribution in [0.4, 0.5) is 0 Å². The molecule has 1 fully saturated rings. The van der Waals surface area contributed by atoms with Gasteiger partial charge in [0.25, 0.3) is 0 Å². The van der Waals surface area contributed by atoms with Crippen LogP contribution in [0.25, 0.3) is 0 Å².